The number of halogens is 2. The lowest BCUT2D eigenvalue weighted by molar-refractivity contribution is -0.138. The van der Waals surface area contributed by atoms with Gasteiger partial charge in [0, 0.05) is 5.88 Å². The van der Waals surface area contributed by atoms with Crippen LogP contribution in [0.1, 0.15) is 39.0 Å². The lowest BCUT2D eigenvalue weighted by Gasteiger charge is -2.06. The number of unbranched alkanes of at least 4 members (excludes halogenated alkanes) is 3. The molecule has 0 saturated heterocycles. The Labute approximate surface area is 89.7 Å². The minimum absolute atomic E-state index is 0.0894. The largest absolute Gasteiger partial charge is 0.347 e. The molecule has 0 rings (SSSR count). The summed E-state index contributed by atoms with van der Waals surface area (Å²) >= 11 is 10.5. The van der Waals surface area contributed by atoms with Gasteiger partial charge in [0.2, 0.25) is 0 Å². The van der Waals surface area contributed by atoms with Gasteiger partial charge < -0.3 is 4.29 Å². The molecule has 0 radical (unpaired) electrons. The molecule has 0 aromatic rings. The average molecular weight is 227 g/mol. The van der Waals surface area contributed by atoms with E-state index in [1.807, 2.05) is 6.92 Å². The molecule has 0 saturated carbocycles. The number of carbonyl (C=O) groups excluding carboxylic acids is 1. The van der Waals surface area contributed by atoms with E-state index in [0.29, 0.717) is 0 Å². The molecular weight excluding hydrogens is 211 g/mol. The highest BCUT2D eigenvalue weighted by atomic mass is 35.5. The molecule has 0 aliphatic rings. The van der Waals surface area contributed by atoms with Crippen LogP contribution in [0.15, 0.2) is 0 Å². The number of hydrogen-bond donors (Lipinski definition) is 0. The lowest BCUT2D eigenvalue weighted by atomic mass is 10.0. The van der Waals surface area contributed by atoms with Gasteiger partial charge in [-0.3, -0.25) is 4.79 Å². The molecule has 0 aromatic carbocycles. The molecule has 0 bridgehead atoms. The topological polar surface area (TPSA) is 26.3 Å². The molecule has 0 aromatic heterocycles. The normalized spacial score (nSPS) is 12.5. The summed E-state index contributed by atoms with van der Waals surface area (Å²) < 4.78 is 4.10. The van der Waals surface area contributed by atoms with Crippen LogP contribution in [-0.4, -0.2) is 11.8 Å². The first kappa shape index (κ1) is 13.1. The van der Waals surface area contributed by atoms with Gasteiger partial charge in [0.05, 0.1) is 5.92 Å². The molecule has 0 amide bonds. The van der Waals surface area contributed by atoms with Crippen molar-refractivity contribution < 1.29 is 9.08 Å². The van der Waals surface area contributed by atoms with Crippen molar-refractivity contribution in [2.24, 2.45) is 5.92 Å². The maximum Gasteiger partial charge on any atom is 0.327 e. The van der Waals surface area contributed by atoms with E-state index in [4.69, 9.17) is 23.5 Å². The van der Waals surface area contributed by atoms with E-state index < -0.39 is 0 Å². The molecule has 1 unspecified atom stereocenters. The minimum Gasteiger partial charge on any atom is -0.347 e. The fraction of sp³-hybridized carbons (Fsp3) is 0.889. The van der Waals surface area contributed by atoms with E-state index in [2.05, 4.69) is 4.29 Å². The number of rotatable bonds is 7. The van der Waals surface area contributed by atoms with Gasteiger partial charge in [-0.2, -0.15) is 0 Å². The Bertz CT molecular complexity index is 140. The fourth-order valence-corrected chi connectivity index (χ4v) is 1.43. The second kappa shape index (κ2) is 8.64. The van der Waals surface area contributed by atoms with E-state index in [0.717, 1.165) is 38.0 Å². The van der Waals surface area contributed by atoms with E-state index >= 15 is 0 Å². The predicted molar refractivity (Wildman–Crippen MR) is 54.9 cm³/mol. The van der Waals surface area contributed by atoms with Gasteiger partial charge in [0.1, 0.15) is 11.9 Å². The summed E-state index contributed by atoms with van der Waals surface area (Å²) in [5.41, 5.74) is 0. The van der Waals surface area contributed by atoms with Crippen LogP contribution in [0, 0.1) is 5.92 Å². The van der Waals surface area contributed by atoms with Crippen LogP contribution < -0.4 is 0 Å². The number of alkyl halides is 1. The Morgan fingerprint density at radius 2 is 1.92 bits per heavy atom. The van der Waals surface area contributed by atoms with E-state index in [-0.39, 0.29) is 11.9 Å². The molecular formula is C9H16Cl2O2. The number of carbonyl (C=O) groups is 1. The predicted octanol–water partition coefficient (Wildman–Crippen LogP) is 3.51. The van der Waals surface area contributed by atoms with Gasteiger partial charge in [0.15, 0.2) is 0 Å². The highest BCUT2D eigenvalue weighted by Gasteiger charge is 2.12. The van der Waals surface area contributed by atoms with E-state index in [1.54, 1.807) is 0 Å². The summed E-state index contributed by atoms with van der Waals surface area (Å²) in [7, 11) is 0. The van der Waals surface area contributed by atoms with Crippen LogP contribution in [0.25, 0.3) is 0 Å². The first-order chi connectivity index (χ1) is 6.22. The molecule has 13 heavy (non-hydrogen) atoms. The van der Waals surface area contributed by atoms with Crippen molar-refractivity contribution in [2.75, 3.05) is 5.88 Å². The molecule has 0 N–H and O–H groups in total. The van der Waals surface area contributed by atoms with Crippen LogP contribution in [0.4, 0.5) is 0 Å². The minimum atomic E-state index is -0.334. The van der Waals surface area contributed by atoms with Gasteiger partial charge in [-0.15, -0.1) is 11.6 Å². The summed E-state index contributed by atoms with van der Waals surface area (Å²) in [5.74, 6) is 0.298. The highest BCUT2D eigenvalue weighted by Crippen LogP contribution is 2.12. The molecule has 4 heteroatoms. The van der Waals surface area contributed by atoms with Gasteiger partial charge in [-0.05, 0) is 12.8 Å². The van der Waals surface area contributed by atoms with Crippen molar-refractivity contribution in [1.29, 1.82) is 0 Å². The third-order valence-corrected chi connectivity index (χ3v) is 2.42. The van der Waals surface area contributed by atoms with Crippen molar-refractivity contribution in [3.63, 3.8) is 0 Å². The van der Waals surface area contributed by atoms with Crippen molar-refractivity contribution in [3.05, 3.63) is 0 Å². The van der Waals surface area contributed by atoms with Crippen molar-refractivity contribution in [1.82, 2.24) is 0 Å². The third-order valence-electron chi connectivity index (χ3n) is 2.00. The second-order valence-electron chi connectivity index (χ2n) is 3.19. The summed E-state index contributed by atoms with van der Waals surface area (Å²) in [6, 6.07) is 0. The SMILES string of the molecule is CC(CCCCCCCl)C(=O)OCl. The zero-order valence-electron chi connectivity index (χ0n) is 7.89. The average Bonchev–Trinajstić information content (AvgIpc) is 2.16. The van der Waals surface area contributed by atoms with Crippen LogP contribution in [-0.2, 0) is 9.08 Å². The van der Waals surface area contributed by atoms with Gasteiger partial charge >= 0.3 is 5.97 Å². The Balaban J connectivity index is 3.26. The zero-order chi connectivity index (χ0) is 10.1. The van der Waals surface area contributed by atoms with E-state index in [1.165, 1.54) is 0 Å². The zero-order valence-corrected chi connectivity index (χ0v) is 9.40. The third kappa shape index (κ3) is 7.15. The standard InChI is InChI=1S/C9H16Cl2O2/c1-8(9(12)13-11)6-4-2-3-5-7-10/h8H,2-7H2,1H3. The first-order valence-electron chi connectivity index (χ1n) is 4.60. The Morgan fingerprint density at radius 1 is 1.31 bits per heavy atom. The van der Waals surface area contributed by atoms with Crippen LogP contribution >= 0.6 is 23.5 Å². The summed E-state index contributed by atoms with van der Waals surface area (Å²) in [6.07, 6.45) is 5.17. The summed E-state index contributed by atoms with van der Waals surface area (Å²) in [5, 5.41) is 0. The second-order valence-corrected chi connectivity index (χ2v) is 3.72. The van der Waals surface area contributed by atoms with Crippen LogP contribution in [0.2, 0.25) is 0 Å². The monoisotopic (exact) mass is 226 g/mol. The smallest absolute Gasteiger partial charge is 0.327 e. The van der Waals surface area contributed by atoms with Crippen molar-refractivity contribution in [3.8, 4) is 0 Å². The first-order valence-corrected chi connectivity index (χ1v) is 5.45. The van der Waals surface area contributed by atoms with Crippen molar-refractivity contribution in [2.45, 2.75) is 39.0 Å². The fourth-order valence-electron chi connectivity index (χ4n) is 1.09. The maximum atomic E-state index is 10.9. The quantitative estimate of drug-likeness (QED) is 0.491. The molecule has 1 atom stereocenters. The van der Waals surface area contributed by atoms with Crippen LogP contribution in [0.3, 0.4) is 0 Å². The Morgan fingerprint density at radius 3 is 2.46 bits per heavy atom. The molecule has 0 spiro atoms. The summed E-state index contributed by atoms with van der Waals surface area (Å²) in [6.45, 7) is 1.83. The van der Waals surface area contributed by atoms with Gasteiger partial charge in [-0.25, -0.2) is 0 Å². The van der Waals surface area contributed by atoms with Gasteiger partial charge in [0.25, 0.3) is 0 Å². The Hall–Kier alpha value is 0.0500. The maximum absolute atomic E-state index is 10.9. The molecule has 78 valence electrons. The van der Waals surface area contributed by atoms with Gasteiger partial charge in [-0.1, -0.05) is 26.2 Å². The van der Waals surface area contributed by atoms with E-state index in [9.17, 15) is 4.79 Å². The Kier molecular flexibility index (Phi) is 8.67. The van der Waals surface area contributed by atoms with Crippen LogP contribution in [0.5, 0.6) is 0 Å². The number of hydrogen-bond acceptors (Lipinski definition) is 2. The molecule has 0 heterocycles. The van der Waals surface area contributed by atoms with Crippen molar-refractivity contribution >= 4 is 29.4 Å². The molecule has 0 aliphatic heterocycles. The summed E-state index contributed by atoms with van der Waals surface area (Å²) in [4.78, 5) is 10.9. The molecule has 0 fully saturated rings. The molecule has 0 aliphatic carbocycles. The lowest BCUT2D eigenvalue weighted by Crippen LogP contribution is -2.10. The molecule has 2 nitrogen and oxygen atoms in total. The highest BCUT2D eigenvalue weighted by molar-refractivity contribution is 6.17.